The monoisotopic (exact) mass is 217 g/mol. The summed E-state index contributed by atoms with van der Waals surface area (Å²) in [4.78, 5) is 0. The van der Waals surface area contributed by atoms with Crippen molar-refractivity contribution in [2.24, 2.45) is 12.8 Å². The average molecular weight is 217 g/mol. The molecule has 2 rings (SSSR count). The molecule has 1 unspecified atom stereocenters. The van der Waals surface area contributed by atoms with Crippen LogP contribution in [0.5, 0.6) is 5.75 Å². The predicted molar refractivity (Wildman–Crippen MR) is 62.2 cm³/mol. The van der Waals surface area contributed by atoms with Crippen LogP contribution in [-0.2, 0) is 7.05 Å². The first-order valence-corrected chi connectivity index (χ1v) is 5.10. The summed E-state index contributed by atoms with van der Waals surface area (Å²) in [5, 5.41) is 4.11. The first-order valence-electron chi connectivity index (χ1n) is 5.10. The van der Waals surface area contributed by atoms with Crippen LogP contribution in [0.3, 0.4) is 0 Å². The number of rotatable bonds is 3. The molecule has 1 aromatic heterocycles. The van der Waals surface area contributed by atoms with Gasteiger partial charge in [0, 0.05) is 18.8 Å². The van der Waals surface area contributed by atoms with E-state index in [1.165, 1.54) is 0 Å². The third-order valence-corrected chi connectivity index (χ3v) is 2.65. The van der Waals surface area contributed by atoms with E-state index in [4.69, 9.17) is 10.5 Å². The molecule has 0 amide bonds. The highest BCUT2D eigenvalue weighted by molar-refractivity contribution is 5.39. The van der Waals surface area contributed by atoms with Crippen molar-refractivity contribution >= 4 is 0 Å². The van der Waals surface area contributed by atoms with Crippen molar-refractivity contribution in [3.05, 3.63) is 47.8 Å². The number of ether oxygens (including phenoxy) is 1. The minimum absolute atomic E-state index is 0.219. The zero-order valence-corrected chi connectivity index (χ0v) is 9.42. The highest BCUT2D eigenvalue weighted by atomic mass is 16.5. The van der Waals surface area contributed by atoms with E-state index in [1.807, 2.05) is 37.4 Å². The summed E-state index contributed by atoms with van der Waals surface area (Å²) in [6, 6.07) is 9.45. The maximum Gasteiger partial charge on any atom is 0.124 e. The van der Waals surface area contributed by atoms with Gasteiger partial charge in [0.25, 0.3) is 0 Å². The minimum atomic E-state index is -0.219. The first kappa shape index (κ1) is 10.7. The van der Waals surface area contributed by atoms with Gasteiger partial charge in [-0.3, -0.25) is 4.68 Å². The molecule has 0 fully saturated rings. The molecule has 16 heavy (non-hydrogen) atoms. The maximum atomic E-state index is 6.20. The Labute approximate surface area is 94.6 Å². The van der Waals surface area contributed by atoms with Crippen LogP contribution in [-0.4, -0.2) is 16.9 Å². The highest BCUT2D eigenvalue weighted by Gasteiger charge is 2.15. The summed E-state index contributed by atoms with van der Waals surface area (Å²) in [7, 11) is 3.53. The Morgan fingerprint density at radius 2 is 2.06 bits per heavy atom. The molecule has 0 aliphatic carbocycles. The molecular formula is C12H15N3O. The number of nitrogens with zero attached hydrogens (tertiary/aromatic N) is 2. The van der Waals surface area contributed by atoms with Gasteiger partial charge in [-0.2, -0.15) is 5.10 Å². The normalized spacial score (nSPS) is 12.4. The van der Waals surface area contributed by atoms with E-state index in [1.54, 1.807) is 18.0 Å². The van der Waals surface area contributed by atoms with Crippen molar-refractivity contribution in [3.63, 3.8) is 0 Å². The molecular weight excluding hydrogens is 202 g/mol. The molecule has 84 valence electrons. The van der Waals surface area contributed by atoms with Crippen molar-refractivity contribution in [1.82, 2.24) is 9.78 Å². The number of nitrogens with two attached hydrogens (primary N) is 1. The standard InChI is InChI=1S/C12H15N3O/c1-15-10(7-8-14-15)12(13)9-5-3-4-6-11(9)16-2/h3-8,12H,13H2,1-2H3. The molecule has 0 spiro atoms. The Morgan fingerprint density at radius 3 is 2.69 bits per heavy atom. The highest BCUT2D eigenvalue weighted by Crippen LogP contribution is 2.27. The fraction of sp³-hybridized carbons (Fsp3) is 0.250. The summed E-state index contributed by atoms with van der Waals surface area (Å²) in [5.41, 5.74) is 8.13. The zero-order chi connectivity index (χ0) is 11.5. The Kier molecular flexibility index (Phi) is 2.92. The second-order valence-corrected chi connectivity index (χ2v) is 3.60. The van der Waals surface area contributed by atoms with E-state index in [0.29, 0.717) is 0 Å². The minimum Gasteiger partial charge on any atom is -0.496 e. The fourth-order valence-electron chi connectivity index (χ4n) is 1.77. The molecule has 1 atom stereocenters. The quantitative estimate of drug-likeness (QED) is 0.847. The predicted octanol–water partition coefficient (Wildman–Crippen LogP) is 1.48. The molecule has 0 aliphatic rings. The lowest BCUT2D eigenvalue weighted by Crippen LogP contribution is -2.16. The van der Waals surface area contributed by atoms with Crippen LogP contribution in [0.15, 0.2) is 36.5 Å². The van der Waals surface area contributed by atoms with Gasteiger partial charge in [-0.05, 0) is 12.1 Å². The van der Waals surface area contributed by atoms with Gasteiger partial charge in [-0.25, -0.2) is 0 Å². The topological polar surface area (TPSA) is 53.1 Å². The zero-order valence-electron chi connectivity index (χ0n) is 9.42. The first-order chi connectivity index (χ1) is 7.74. The molecule has 1 heterocycles. The van der Waals surface area contributed by atoms with Crippen molar-refractivity contribution in [2.45, 2.75) is 6.04 Å². The lowest BCUT2D eigenvalue weighted by molar-refractivity contribution is 0.407. The number of benzene rings is 1. The lowest BCUT2D eigenvalue weighted by Gasteiger charge is -2.15. The van der Waals surface area contributed by atoms with Crippen molar-refractivity contribution in [1.29, 1.82) is 0 Å². The van der Waals surface area contributed by atoms with Gasteiger partial charge in [0.2, 0.25) is 0 Å². The molecule has 2 N–H and O–H groups in total. The van der Waals surface area contributed by atoms with Crippen molar-refractivity contribution < 1.29 is 4.74 Å². The van der Waals surface area contributed by atoms with Crippen LogP contribution in [0.25, 0.3) is 0 Å². The maximum absolute atomic E-state index is 6.20. The molecule has 1 aromatic carbocycles. The average Bonchev–Trinajstić information content (AvgIpc) is 2.74. The molecule has 0 saturated carbocycles. The van der Waals surface area contributed by atoms with Crippen LogP contribution in [0.2, 0.25) is 0 Å². The molecule has 0 radical (unpaired) electrons. The van der Waals surface area contributed by atoms with E-state index in [9.17, 15) is 0 Å². The Hall–Kier alpha value is -1.81. The SMILES string of the molecule is COc1ccccc1C(N)c1ccnn1C. The summed E-state index contributed by atoms with van der Waals surface area (Å²) in [6.45, 7) is 0. The number of para-hydroxylation sites is 1. The number of aromatic nitrogens is 2. The lowest BCUT2D eigenvalue weighted by atomic mass is 10.0. The summed E-state index contributed by atoms with van der Waals surface area (Å²) in [6.07, 6.45) is 1.74. The van der Waals surface area contributed by atoms with Crippen LogP contribution in [0, 0.1) is 0 Å². The smallest absolute Gasteiger partial charge is 0.124 e. The van der Waals surface area contributed by atoms with E-state index in [0.717, 1.165) is 17.0 Å². The fourth-order valence-corrected chi connectivity index (χ4v) is 1.77. The number of methoxy groups -OCH3 is 1. The van der Waals surface area contributed by atoms with Gasteiger partial charge in [0.05, 0.1) is 18.8 Å². The van der Waals surface area contributed by atoms with Crippen LogP contribution < -0.4 is 10.5 Å². The van der Waals surface area contributed by atoms with Crippen molar-refractivity contribution in [3.8, 4) is 5.75 Å². The van der Waals surface area contributed by atoms with Gasteiger partial charge >= 0.3 is 0 Å². The second kappa shape index (κ2) is 4.37. The largest absolute Gasteiger partial charge is 0.496 e. The molecule has 0 aliphatic heterocycles. The van der Waals surface area contributed by atoms with Gasteiger partial charge in [0.1, 0.15) is 5.75 Å². The van der Waals surface area contributed by atoms with E-state index >= 15 is 0 Å². The third-order valence-electron chi connectivity index (χ3n) is 2.65. The van der Waals surface area contributed by atoms with Crippen LogP contribution in [0.1, 0.15) is 17.3 Å². The molecule has 0 saturated heterocycles. The summed E-state index contributed by atoms with van der Waals surface area (Å²) >= 11 is 0. The Morgan fingerprint density at radius 1 is 1.31 bits per heavy atom. The van der Waals surface area contributed by atoms with Crippen LogP contribution in [0.4, 0.5) is 0 Å². The summed E-state index contributed by atoms with van der Waals surface area (Å²) in [5.74, 6) is 0.802. The third kappa shape index (κ3) is 1.79. The number of aryl methyl sites for hydroxylation is 1. The summed E-state index contributed by atoms with van der Waals surface area (Å²) < 4.78 is 7.07. The molecule has 4 nitrogen and oxygen atoms in total. The van der Waals surface area contributed by atoms with Crippen LogP contribution >= 0.6 is 0 Å². The Balaban J connectivity index is 2.41. The van der Waals surface area contributed by atoms with E-state index in [2.05, 4.69) is 5.10 Å². The number of hydrogen-bond acceptors (Lipinski definition) is 3. The van der Waals surface area contributed by atoms with Gasteiger partial charge < -0.3 is 10.5 Å². The van der Waals surface area contributed by atoms with E-state index in [-0.39, 0.29) is 6.04 Å². The molecule has 2 aromatic rings. The Bertz CT molecular complexity index is 479. The van der Waals surface area contributed by atoms with Gasteiger partial charge in [-0.1, -0.05) is 18.2 Å². The molecule has 0 bridgehead atoms. The van der Waals surface area contributed by atoms with Gasteiger partial charge in [-0.15, -0.1) is 0 Å². The second-order valence-electron chi connectivity index (χ2n) is 3.60. The van der Waals surface area contributed by atoms with Gasteiger partial charge in [0.15, 0.2) is 0 Å². The molecule has 4 heteroatoms. The number of hydrogen-bond donors (Lipinski definition) is 1. The van der Waals surface area contributed by atoms with E-state index < -0.39 is 0 Å². The van der Waals surface area contributed by atoms with Crippen molar-refractivity contribution in [2.75, 3.05) is 7.11 Å².